The van der Waals surface area contributed by atoms with Crippen LogP contribution in [0.1, 0.15) is 18.1 Å². The van der Waals surface area contributed by atoms with Gasteiger partial charge >= 0.3 is 0 Å². The molecule has 0 saturated heterocycles. The van der Waals surface area contributed by atoms with Crippen molar-refractivity contribution in [3.05, 3.63) is 59.7 Å². The highest BCUT2D eigenvalue weighted by molar-refractivity contribution is 5.36. The zero-order valence-electron chi connectivity index (χ0n) is 10.3. The fraction of sp³-hybridized carbons (Fsp3) is 0.200. The Labute approximate surface area is 105 Å². The monoisotopic (exact) mass is 248 g/mol. The van der Waals surface area contributed by atoms with E-state index in [4.69, 9.17) is 4.74 Å². The van der Waals surface area contributed by atoms with Crippen LogP contribution in [0.15, 0.2) is 48.5 Å². The molecule has 0 saturated carbocycles. The van der Waals surface area contributed by atoms with E-state index in [-0.39, 0.29) is 5.56 Å². The van der Waals surface area contributed by atoms with Crippen molar-refractivity contribution in [2.45, 2.75) is 19.8 Å². The molecule has 0 aliphatic carbocycles. The summed E-state index contributed by atoms with van der Waals surface area (Å²) in [6.07, 6.45) is 0. The Balaban J connectivity index is 2.22. The van der Waals surface area contributed by atoms with Gasteiger partial charge in [0.15, 0.2) is 0 Å². The number of hydrogen-bond acceptors (Lipinski definition) is 1. The Hall–Kier alpha value is -1.90. The van der Waals surface area contributed by atoms with E-state index in [0.717, 1.165) is 12.5 Å². The Morgan fingerprint density at radius 2 is 1.61 bits per heavy atom. The predicted molar refractivity (Wildman–Crippen MR) is 67.3 cm³/mol. The van der Waals surface area contributed by atoms with Crippen LogP contribution in [0.4, 0.5) is 8.78 Å². The van der Waals surface area contributed by atoms with Crippen molar-refractivity contribution in [3.8, 4) is 11.5 Å². The summed E-state index contributed by atoms with van der Waals surface area (Å²) in [7, 11) is 0. The maximum absolute atomic E-state index is 13.2. The summed E-state index contributed by atoms with van der Waals surface area (Å²) in [4.78, 5) is 0. The third kappa shape index (κ3) is 3.06. The van der Waals surface area contributed by atoms with E-state index in [1.165, 1.54) is 12.1 Å². The second kappa shape index (κ2) is 4.77. The van der Waals surface area contributed by atoms with E-state index in [1.54, 1.807) is 12.1 Å². The van der Waals surface area contributed by atoms with Gasteiger partial charge in [-0.25, -0.2) is 8.78 Å². The van der Waals surface area contributed by atoms with Crippen molar-refractivity contribution in [2.75, 3.05) is 0 Å². The van der Waals surface area contributed by atoms with Crippen LogP contribution in [-0.2, 0) is 5.92 Å². The van der Waals surface area contributed by atoms with Gasteiger partial charge in [-0.3, -0.25) is 0 Å². The fourth-order valence-corrected chi connectivity index (χ4v) is 1.58. The van der Waals surface area contributed by atoms with Gasteiger partial charge in [0.25, 0.3) is 5.92 Å². The molecule has 0 atom stereocenters. The molecule has 0 N–H and O–H groups in total. The number of alkyl halides is 2. The van der Waals surface area contributed by atoms with Crippen LogP contribution in [0.25, 0.3) is 0 Å². The third-order valence-corrected chi connectivity index (χ3v) is 2.60. The molecule has 0 aromatic heterocycles. The lowest BCUT2D eigenvalue weighted by atomic mass is 10.1. The molecule has 3 heteroatoms. The third-order valence-electron chi connectivity index (χ3n) is 2.60. The van der Waals surface area contributed by atoms with Gasteiger partial charge in [0, 0.05) is 12.5 Å². The molecule has 1 nitrogen and oxygen atoms in total. The van der Waals surface area contributed by atoms with E-state index in [0.29, 0.717) is 11.5 Å². The van der Waals surface area contributed by atoms with Gasteiger partial charge in [0.05, 0.1) is 0 Å². The molecule has 0 bridgehead atoms. The zero-order valence-corrected chi connectivity index (χ0v) is 10.3. The molecule has 0 heterocycles. The van der Waals surface area contributed by atoms with Crippen molar-refractivity contribution in [3.63, 3.8) is 0 Å². The first kappa shape index (κ1) is 12.6. The summed E-state index contributed by atoms with van der Waals surface area (Å²) >= 11 is 0. The number of ether oxygens (including phenoxy) is 1. The summed E-state index contributed by atoms with van der Waals surface area (Å²) in [5.74, 6) is -1.80. The number of halogens is 2. The minimum atomic E-state index is -2.85. The Kier molecular flexibility index (Phi) is 3.32. The van der Waals surface area contributed by atoms with Crippen molar-refractivity contribution in [1.82, 2.24) is 0 Å². The maximum Gasteiger partial charge on any atom is 0.270 e. The van der Waals surface area contributed by atoms with E-state index in [1.807, 2.05) is 31.2 Å². The molecule has 0 fully saturated rings. The van der Waals surface area contributed by atoms with Crippen molar-refractivity contribution in [1.29, 1.82) is 0 Å². The van der Waals surface area contributed by atoms with Crippen LogP contribution in [0.2, 0.25) is 0 Å². The van der Waals surface area contributed by atoms with Gasteiger partial charge < -0.3 is 4.74 Å². The van der Waals surface area contributed by atoms with Gasteiger partial charge in [-0.15, -0.1) is 0 Å². The van der Waals surface area contributed by atoms with Crippen LogP contribution in [0.3, 0.4) is 0 Å². The van der Waals surface area contributed by atoms with Crippen LogP contribution in [0, 0.1) is 6.92 Å². The van der Waals surface area contributed by atoms with Gasteiger partial charge in [-0.2, -0.15) is 0 Å². The smallest absolute Gasteiger partial charge is 0.270 e. The average Bonchev–Trinajstić information content (AvgIpc) is 2.31. The largest absolute Gasteiger partial charge is 0.457 e. The minimum absolute atomic E-state index is 0.0490. The van der Waals surface area contributed by atoms with Crippen molar-refractivity contribution < 1.29 is 13.5 Å². The lowest BCUT2D eigenvalue weighted by molar-refractivity contribution is 0.0173. The van der Waals surface area contributed by atoms with Crippen LogP contribution in [0.5, 0.6) is 11.5 Å². The van der Waals surface area contributed by atoms with E-state index >= 15 is 0 Å². The number of benzene rings is 2. The molecular formula is C15H14F2O. The SMILES string of the molecule is Cc1ccc(Oc2cccc(C(C)(F)F)c2)cc1. The summed E-state index contributed by atoms with van der Waals surface area (Å²) in [5, 5.41) is 0. The minimum Gasteiger partial charge on any atom is -0.457 e. The van der Waals surface area contributed by atoms with E-state index in [2.05, 4.69) is 0 Å². The summed E-state index contributed by atoms with van der Waals surface area (Å²) in [5.41, 5.74) is 1.07. The molecular weight excluding hydrogens is 234 g/mol. The van der Waals surface area contributed by atoms with Crippen LogP contribution < -0.4 is 4.74 Å². The highest BCUT2D eigenvalue weighted by atomic mass is 19.3. The molecule has 0 spiro atoms. The molecule has 0 amide bonds. The molecule has 2 aromatic rings. The summed E-state index contributed by atoms with van der Waals surface area (Å²) in [6, 6.07) is 13.4. The quantitative estimate of drug-likeness (QED) is 0.750. The average molecular weight is 248 g/mol. The Bertz CT molecular complexity index is 527. The molecule has 0 aliphatic rings. The number of rotatable bonds is 3. The van der Waals surface area contributed by atoms with E-state index in [9.17, 15) is 8.78 Å². The van der Waals surface area contributed by atoms with Gasteiger partial charge in [0.1, 0.15) is 11.5 Å². The van der Waals surface area contributed by atoms with Crippen LogP contribution >= 0.6 is 0 Å². The molecule has 18 heavy (non-hydrogen) atoms. The standard InChI is InChI=1S/C15H14F2O/c1-11-6-8-13(9-7-11)18-14-5-3-4-12(10-14)15(2,16)17/h3-10H,1-2H3. The number of aryl methyl sites for hydroxylation is 1. The second-order valence-electron chi connectivity index (χ2n) is 4.33. The molecule has 2 aromatic carbocycles. The lowest BCUT2D eigenvalue weighted by Crippen LogP contribution is -2.06. The van der Waals surface area contributed by atoms with Crippen molar-refractivity contribution >= 4 is 0 Å². The zero-order chi connectivity index (χ0) is 13.2. The molecule has 0 unspecified atom stereocenters. The second-order valence-corrected chi connectivity index (χ2v) is 4.33. The first-order chi connectivity index (χ1) is 8.45. The molecule has 2 rings (SSSR count). The topological polar surface area (TPSA) is 9.23 Å². The Morgan fingerprint density at radius 1 is 0.944 bits per heavy atom. The van der Waals surface area contributed by atoms with Gasteiger partial charge in [-0.05, 0) is 31.2 Å². The molecule has 0 radical (unpaired) electrons. The first-order valence-electron chi connectivity index (χ1n) is 5.68. The fourth-order valence-electron chi connectivity index (χ4n) is 1.58. The van der Waals surface area contributed by atoms with E-state index < -0.39 is 5.92 Å². The van der Waals surface area contributed by atoms with Gasteiger partial charge in [0.2, 0.25) is 0 Å². The molecule has 0 aliphatic heterocycles. The lowest BCUT2D eigenvalue weighted by Gasteiger charge is -2.12. The number of hydrogen-bond donors (Lipinski definition) is 0. The maximum atomic E-state index is 13.2. The first-order valence-corrected chi connectivity index (χ1v) is 5.68. The highest BCUT2D eigenvalue weighted by Gasteiger charge is 2.24. The highest BCUT2D eigenvalue weighted by Crippen LogP contribution is 2.31. The molecule has 94 valence electrons. The summed E-state index contributed by atoms with van der Waals surface area (Å²) in [6.45, 7) is 2.85. The Morgan fingerprint density at radius 3 is 2.22 bits per heavy atom. The normalized spacial score (nSPS) is 11.3. The summed E-state index contributed by atoms with van der Waals surface area (Å²) < 4.78 is 31.9. The van der Waals surface area contributed by atoms with Crippen molar-refractivity contribution in [2.24, 2.45) is 0 Å². The predicted octanol–water partition coefficient (Wildman–Crippen LogP) is 4.90. The van der Waals surface area contributed by atoms with Gasteiger partial charge in [-0.1, -0.05) is 29.8 Å². The van der Waals surface area contributed by atoms with Crippen LogP contribution in [-0.4, -0.2) is 0 Å².